The van der Waals surface area contributed by atoms with E-state index in [1.54, 1.807) is 12.1 Å². The Hall–Kier alpha value is -0.963. The number of benzene rings is 2. The van der Waals surface area contributed by atoms with Gasteiger partial charge in [0.1, 0.15) is 0 Å². The Morgan fingerprint density at radius 2 is 1.09 bits per heavy atom. The van der Waals surface area contributed by atoms with Crippen LogP contribution in [0.5, 0.6) is 0 Å². The minimum absolute atomic E-state index is 0.601. The van der Waals surface area contributed by atoms with Gasteiger partial charge in [-0.05, 0) is 12.1 Å². The van der Waals surface area contributed by atoms with Gasteiger partial charge in [0, 0.05) is 0 Å². The lowest BCUT2D eigenvalue weighted by atomic mass is 10.3. The summed E-state index contributed by atoms with van der Waals surface area (Å²) < 4.78 is 66.6. The summed E-state index contributed by atoms with van der Waals surface area (Å²) >= 11 is -1.49. The van der Waals surface area contributed by atoms with E-state index in [1.807, 2.05) is 12.1 Å². The first kappa shape index (κ1) is 17.4. The molecule has 0 aliphatic heterocycles. The van der Waals surface area contributed by atoms with Crippen LogP contribution in [0.4, 0.5) is 22.0 Å². The van der Waals surface area contributed by atoms with Gasteiger partial charge in [-0.3, -0.25) is 0 Å². The lowest BCUT2D eigenvalue weighted by Crippen LogP contribution is -3.62. The van der Waals surface area contributed by atoms with E-state index in [4.69, 9.17) is 0 Å². The van der Waals surface area contributed by atoms with Crippen LogP contribution in [0.1, 0.15) is 0 Å². The Morgan fingerprint density at radius 3 is 1.50 bits per heavy atom. The molecule has 0 saturated heterocycles. The van der Waals surface area contributed by atoms with Crippen molar-refractivity contribution in [1.29, 1.82) is 0 Å². The standard InChI is InChI=1S/C15H13F5ISi/c1-22(2,3)9-6-4-8(5-7-9)21-15-13(19)11(17)10(16)12(18)14(15)20/h4-7H,1-3H3/q+1. The Labute approximate surface area is 136 Å². The minimum atomic E-state index is -2.11. The third-order valence-corrected chi connectivity index (χ3v) is 7.96. The first-order valence-corrected chi connectivity index (χ1v) is 12.1. The number of rotatable bonds is 3. The topological polar surface area (TPSA) is 0 Å². The molecule has 118 valence electrons. The van der Waals surface area contributed by atoms with Crippen LogP contribution >= 0.6 is 0 Å². The van der Waals surface area contributed by atoms with Crippen LogP contribution < -0.4 is 26.4 Å². The Balaban J connectivity index is 2.40. The van der Waals surface area contributed by atoms with Gasteiger partial charge in [-0.1, -0.05) is 37.0 Å². The molecule has 0 aromatic heterocycles. The fourth-order valence-corrected chi connectivity index (χ4v) is 5.24. The zero-order valence-electron chi connectivity index (χ0n) is 12.1. The van der Waals surface area contributed by atoms with Gasteiger partial charge >= 0.3 is 21.2 Å². The van der Waals surface area contributed by atoms with Crippen molar-refractivity contribution >= 4 is 13.3 Å². The van der Waals surface area contributed by atoms with Crippen molar-refractivity contribution in [3.8, 4) is 0 Å². The molecular formula is C15H13F5ISi+. The van der Waals surface area contributed by atoms with Crippen molar-refractivity contribution in [1.82, 2.24) is 0 Å². The predicted molar refractivity (Wildman–Crippen MR) is 73.0 cm³/mol. The molecule has 0 heterocycles. The third kappa shape index (κ3) is 3.34. The van der Waals surface area contributed by atoms with E-state index in [9.17, 15) is 22.0 Å². The van der Waals surface area contributed by atoms with Crippen molar-refractivity contribution in [2.24, 2.45) is 0 Å². The highest BCUT2D eigenvalue weighted by Gasteiger charge is 2.35. The van der Waals surface area contributed by atoms with E-state index in [1.165, 1.54) is 0 Å². The summed E-state index contributed by atoms with van der Waals surface area (Å²) in [5.74, 6) is -9.33. The van der Waals surface area contributed by atoms with E-state index in [0.717, 1.165) is 5.19 Å². The molecule has 0 saturated carbocycles. The molecule has 0 bridgehead atoms. The molecule has 0 spiro atoms. The maximum absolute atomic E-state index is 13.7. The van der Waals surface area contributed by atoms with Crippen LogP contribution in [-0.4, -0.2) is 8.07 Å². The number of hydrogen-bond acceptors (Lipinski definition) is 0. The van der Waals surface area contributed by atoms with Gasteiger partial charge in [-0.2, -0.15) is 8.78 Å². The normalized spacial score (nSPS) is 11.8. The van der Waals surface area contributed by atoms with E-state index in [2.05, 4.69) is 19.6 Å². The summed E-state index contributed by atoms with van der Waals surface area (Å²) in [5, 5.41) is 1.16. The monoisotopic (exact) mass is 443 g/mol. The molecule has 0 N–H and O–H groups in total. The summed E-state index contributed by atoms with van der Waals surface area (Å²) in [5.41, 5.74) is 0. The van der Waals surface area contributed by atoms with Crippen molar-refractivity contribution in [3.05, 3.63) is 60.5 Å². The van der Waals surface area contributed by atoms with Gasteiger partial charge in [0.15, 0.2) is 3.57 Å². The Kier molecular flexibility index (Phi) is 4.95. The van der Waals surface area contributed by atoms with Gasteiger partial charge in [0.2, 0.25) is 29.1 Å². The first-order valence-electron chi connectivity index (χ1n) is 6.39. The van der Waals surface area contributed by atoms with Gasteiger partial charge in [-0.15, -0.1) is 0 Å². The molecule has 0 atom stereocenters. The van der Waals surface area contributed by atoms with Gasteiger partial charge in [0.05, 0.1) is 8.07 Å². The fraction of sp³-hybridized carbons (Fsp3) is 0.200. The lowest BCUT2D eigenvalue weighted by Gasteiger charge is -2.15. The van der Waals surface area contributed by atoms with Crippen LogP contribution in [0.2, 0.25) is 19.6 Å². The van der Waals surface area contributed by atoms with Crippen molar-refractivity contribution in [3.63, 3.8) is 0 Å². The third-order valence-electron chi connectivity index (χ3n) is 3.07. The van der Waals surface area contributed by atoms with E-state index in [-0.39, 0.29) is 0 Å². The maximum atomic E-state index is 13.7. The predicted octanol–water partition coefficient (Wildman–Crippen LogP) is 1.06. The van der Waals surface area contributed by atoms with Crippen LogP contribution in [0, 0.1) is 36.2 Å². The summed E-state index contributed by atoms with van der Waals surface area (Å²) in [7, 11) is -1.50. The van der Waals surface area contributed by atoms with E-state index in [0.29, 0.717) is 3.57 Å². The van der Waals surface area contributed by atoms with E-state index < -0.39 is 61.9 Å². The summed E-state index contributed by atoms with van der Waals surface area (Å²) in [6.07, 6.45) is 0. The molecule has 0 fully saturated rings. The fourth-order valence-electron chi connectivity index (χ4n) is 1.78. The van der Waals surface area contributed by atoms with Crippen LogP contribution in [0.15, 0.2) is 24.3 Å². The lowest BCUT2D eigenvalue weighted by molar-refractivity contribution is -0.604. The molecule has 0 radical (unpaired) electrons. The molecule has 0 nitrogen and oxygen atoms in total. The zero-order valence-corrected chi connectivity index (χ0v) is 15.2. The van der Waals surface area contributed by atoms with Crippen LogP contribution in [0.3, 0.4) is 0 Å². The molecule has 2 aromatic rings. The average Bonchev–Trinajstić information content (AvgIpc) is 2.47. The minimum Gasteiger partial charge on any atom is -0.200 e. The second-order valence-electron chi connectivity index (χ2n) is 5.74. The second kappa shape index (κ2) is 6.27. The molecule has 2 rings (SSSR count). The van der Waals surface area contributed by atoms with Gasteiger partial charge in [0.25, 0.3) is 3.57 Å². The van der Waals surface area contributed by atoms with Crippen LogP contribution in [-0.2, 0) is 0 Å². The quantitative estimate of drug-likeness (QED) is 0.219. The number of hydrogen-bond donors (Lipinski definition) is 0. The second-order valence-corrected chi connectivity index (χ2v) is 13.7. The van der Waals surface area contributed by atoms with Gasteiger partial charge in [-0.25, -0.2) is 13.2 Å². The number of halogens is 6. The first-order chi connectivity index (χ1) is 10.1. The Morgan fingerprint density at radius 1 is 0.682 bits per heavy atom. The smallest absolute Gasteiger partial charge is 0.200 e. The largest absolute Gasteiger partial charge is 0.364 e. The zero-order chi connectivity index (χ0) is 16.7. The summed E-state index contributed by atoms with van der Waals surface area (Å²) in [4.78, 5) is 0. The molecule has 0 aliphatic rings. The Bertz CT molecular complexity index is 678. The average molecular weight is 443 g/mol. The maximum Gasteiger partial charge on any atom is 0.364 e. The summed E-state index contributed by atoms with van der Waals surface area (Å²) in [6, 6.07) is 7.15. The van der Waals surface area contributed by atoms with Crippen LogP contribution in [0.25, 0.3) is 0 Å². The molecule has 0 unspecified atom stereocenters. The molecule has 0 amide bonds. The SMILES string of the molecule is C[Si](C)(C)c1ccc([I+]c2c(F)c(F)c(F)c(F)c2F)cc1. The highest BCUT2D eigenvalue weighted by Crippen LogP contribution is 2.17. The van der Waals surface area contributed by atoms with Crippen molar-refractivity contribution < 1.29 is 43.2 Å². The van der Waals surface area contributed by atoms with Crippen molar-refractivity contribution in [2.45, 2.75) is 19.6 Å². The molecular weight excluding hydrogens is 430 g/mol. The molecule has 22 heavy (non-hydrogen) atoms. The highest BCUT2D eigenvalue weighted by atomic mass is 127. The molecule has 0 aliphatic carbocycles. The molecule has 2 aromatic carbocycles. The summed E-state index contributed by atoms with van der Waals surface area (Å²) in [6.45, 7) is 6.46. The van der Waals surface area contributed by atoms with Crippen molar-refractivity contribution in [2.75, 3.05) is 0 Å². The highest BCUT2D eigenvalue weighted by molar-refractivity contribution is 6.88. The molecule has 7 heteroatoms. The van der Waals surface area contributed by atoms with E-state index >= 15 is 0 Å². The van der Waals surface area contributed by atoms with Gasteiger partial charge < -0.3 is 0 Å².